The Balaban J connectivity index is 4.06. The molecule has 46 heavy (non-hydrogen) atoms. The zero-order valence-electron chi connectivity index (χ0n) is 31.0. The van der Waals surface area contributed by atoms with Gasteiger partial charge in [-0.25, -0.2) is 0 Å². The number of amides is 2. The minimum absolute atomic E-state index is 0.148. The number of hydrogen-bond donors (Lipinski definition) is 3. The Morgan fingerprint density at radius 1 is 0.543 bits per heavy atom. The average Bonchev–Trinajstić information content (AvgIpc) is 3.05. The summed E-state index contributed by atoms with van der Waals surface area (Å²) in [6, 6.07) is -0.599. The van der Waals surface area contributed by atoms with E-state index in [1.807, 2.05) is 0 Å². The monoisotopic (exact) mass is 649 g/mol. The lowest BCUT2D eigenvalue weighted by molar-refractivity contribution is -0.125. The molecule has 0 saturated carbocycles. The third-order valence-corrected chi connectivity index (χ3v) is 9.34. The molecule has 0 radical (unpaired) electrons. The Kier molecular flexibility index (Phi) is 35.3. The molecule has 0 aromatic carbocycles. The minimum atomic E-state index is -0.599. The summed E-state index contributed by atoms with van der Waals surface area (Å²) in [7, 11) is 0. The second-order valence-corrected chi connectivity index (χ2v) is 14.0. The van der Waals surface area contributed by atoms with Gasteiger partial charge in [0.05, 0.1) is 12.6 Å². The average molecular weight is 649 g/mol. The molecule has 0 aromatic heterocycles. The number of carbonyl (C=O) groups is 2. The van der Waals surface area contributed by atoms with Crippen LogP contribution in [0.25, 0.3) is 0 Å². The fourth-order valence-electron chi connectivity index (χ4n) is 6.21. The molecule has 6 heteroatoms. The first kappa shape index (κ1) is 44.6. The van der Waals surface area contributed by atoms with Crippen LogP contribution in [-0.2, 0) is 9.59 Å². The summed E-state index contributed by atoms with van der Waals surface area (Å²) in [5.41, 5.74) is 11.3. The van der Waals surface area contributed by atoms with Crippen LogP contribution >= 0.6 is 0 Å². The van der Waals surface area contributed by atoms with Crippen LogP contribution in [0.1, 0.15) is 200 Å². The Labute approximate surface area is 287 Å². The van der Waals surface area contributed by atoms with Crippen LogP contribution in [0.2, 0.25) is 0 Å². The van der Waals surface area contributed by atoms with Gasteiger partial charge in [-0.1, -0.05) is 167 Å². The van der Waals surface area contributed by atoms with Crippen molar-refractivity contribution >= 4 is 11.8 Å². The highest BCUT2D eigenvalue weighted by Gasteiger charge is 2.15. The Morgan fingerprint density at radius 2 is 0.891 bits per heavy atom. The maximum absolute atomic E-state index is 12.2. The maximum atomic E-state index is 12.2. The summed E-state index contributed by atoms with van der Waals surface area (Å²) in [5, 5.41) is 2.54. The molecule has 0 spiro atoms. The lowest BCUT2D eigenvalue weighted by Crippen LogP contribution is -2.45. The SMILES string of the molecule is CCCCCCCCC=CCCCCCCCCN(CCCCCCCCCCCCCCCC)CCC(N)C(=O)NCC(N)=O. The number of rotatable bonds is 37. The van der Waals surface area contributed by atoms with Gasteiger partial charge in [0.1, 0.15) is 0 Å². The number of allylic oxidation sites excluding steroid dienone is 2. The van der Waals surface area contributed by atoms with Crippen LogP contribution in [0.5, 0.6) is 0 Å². The van der Waals surface area contributed by atoms with E-state index in [0.29, 0.717) is 6.42 Å². The molecule has 6 nitrogen and oxygen atoms in total. The molecule has 0 aliphatic carbocycles. The number of primary amides is 1. The van der Waals surface area contributed by atoms with Gasteiger partial charge in [-0.2, -0.15) is 0 Å². The second-order valence-electron chi connectivity index (χ2n) is 14.0. The Hall–Kier alpha value is -1.40. The van der Waals surface area contributed by atoms with E-state index in [9.17, 15) is 9.59 Å². The Morgan fingerprint density at radius 3 is 1.26 bits per heavy atom. The van der Waals surface area contributed by atoms with Crippen LogP contribution in [0.4, 0.5) is 0 Å². The molecule has 0 bridgehead atoms. The molecule has 0 saturated heterocycles. The number of nitrogens with two attached hydrogens (primary N) is 2. The molecule has 1 atom stereocenters. The predicted octanol–water partition coefficient (Wildman–Crippen LogP) is 10.1. The molecule has 1 unspecified atom stereocenters. The van der Waals surface area contributed by atoms with Crippen molar-refractivity contribution in [2.75, 3.05) is 26.2 Å². The van der Waals surface area contributed by atoms with Crippen LogP contribution < -0.4 is 16.8 Å². The molecule has 0 aromatic rings. The molecule has 0 aliphatic rings. The van der Waals surface area contributed by atoms with Crippen molar-refractivity contribution in [1.29, 1.82) is 0 Å². The largest absolute Gasteiger partial charge is 0.368 e. The van der Waals surface area contributed by atoms with E-state index >= 15 is 0 Å². The van der Waals surface area contributed by atoms with Crippen molar-refractivity contribution in [2.24, 2.45) is 11.5 Å². The van der Waals surface area contributed by atoms with E-state index in [2.05, 4.69) is 36.2 Å². The van der Waals surface area contributed by atoms with Crippen molar-refractivity contribution in [3.8, 4) is 0 Å². The molecule has 0 rings (SSSR count). The van der Waals surface area contributed by atoms with Gasteiger partial charge in [0, 0.05) is 6.54 Å². The summed E-state index contributed by atoms with van der Waals surface area (Å²) in [6.07, 6.45) is 43.2. The molecule has 0 aliphatic heterocycles. The van der Waals surface area contributed by atoms with Crippen LogP contribution in [0.15, 0.2) is 12.2 Å². The topological polar surface area (TPSA) is 101 Å². The number of nitrogens with one attached hydrogen (secondary N) is 1. The fraction of sp³-hybridized carbons (Fsp3) is 0.900. The molecule has 272 valence electrons. The highest BCUT2D eigenvalue weighted by Crippen LogP contribution is 2.14. The fourth-order valence-corrected chi connectivity index (χ4v) is 6.21. The van der Waals surface area contributed by atoms with Gasteiger partial charge in [0.15, 0.2) is 0 Å². The van der Waals surface area contributed by atoms with Crippen LogP contribution in [0.3, 0.4) is 0 Å². The summed E-state index contributed by atoms with van der Waals surface area (Å²) in [4.78, 5) is 25.7. The smallest absolute Gasteiger partial charge is 0.237 e. The van der Waals surface area contributed by atoms with E-state index in [1.54, 1.807) is 0 Å². The first-order chi connectivity index (χ1) is 22.5. The van der Waals surface area contributed by atoms with Gasteiger partial charge < -0.3 is 21.7 Å². The zero-order chi connectivity index (χ0) is 33.8. The molecule has 2 amide bonds. The lowest BCUT2D eigenvalue weighted by Gasteiger charge is -2.24. The summed E-state index contributed by atoms with van der Waals surface area (Å²) in [5.74, 6) is -0.826. The lowest BCUT2D eigenvalue weighted by atomic mass is 10.0. The van der Waals surface area contributed by atoms with E-state index in [4.69, 9.17) is 11.5 Å². The first-order valence-corrected chi connectivity index (χ1v) is 20.2. The maximum Gasteiger partial charge on any atom is 0.237 e. The van der Waals surface area contributed by atoms with Gasteiger partial charge in [-0.15, -0.1) is 0 Å². The van der Waals surface area contributed by atoms with E-state index < -0.39 is 11.9 Å². The third-order valence-electron chi connectivity index (χ3n) is 9.34. The number of nitrogens with zero attached hydrogens (tertiary/aromatic N) is 1. The number of carbonyl (C=O) groups excluding carboxylic acids is 2. The summed E-state index contributed by atoms with van der Waals surface area (Å²) < 4.78 is 0. The first-order valence-electron chi connectivity index (χ1n) is 20.2. The summed E-state index contributed by atoms with van der Waals surface area (Å²) >= 11 is 0. The van der Waals surface area contributed by atoms with Crippen molar-refractivity contribution in [3.05, 3.63) is 12.2 Å². The van der Waals surface area contributed by atoms with Gasteiger partial charge in [0.25, 0.3) is 0 Å². The van der Waals surface area contributed by atoms with Gasteiger partial charge in [-0.05, 0) is 58.0 Å². The van der Waals surface area contributed by atoms with Gasteiger partial charge in [-0.3, -0.25) is 9.59 Å². The molecule has 0 heterocycles. The predicted molar refractivity (Wildman–Crippen MR) is 201 cm³/mol. The normalized spacial score (nSPS) is 12.3. The van der Waals surface area contributed by atoms with Crippen LogP contribution in [0, 0.1) is 0 Å². The minimum Gasteiger partial charge on any atom is -0.368 e. The standard InChI is InChI=1S/C40H80N4O2/c1-3-5-7-9-11-13-15-17-19-20-22-24-26-28-30-32-35-44(36-33-38(41)40(46)43-37-39(42)45)34-31-29-27-25-23-21-18-16-14-12-10-8-6-4-2/h17,19,38H,3-16,18,20-37,41H2,1-2H3,(H2,42,45)(H,43,46). The van der Waals surface area contributed by atoms with Gasteiger partial charge in [0.2, 0.25) is 11.8 Å². The third kappa shape index (κ3) is 33.9. The van der Waals surface area contributed by atoms with Crippen molar-refractivity contribution in [1.82, 2.24) is 10.2 Å². The van der Waals surface area contributed by atoms with Crippen molar-refractivity contribution < 1.29 is 9.59 Å². The van der Waals surface area contributed by atoms with Crippen LogP contribution in [-0.4, -0.2) is 48.9 Å². The molecular weight excluding hydrogens is 568 g/mol. The van der Waals surface area contributed by atoms with E-state index in [0.717, 1.165) is 19.6 Å². The molecule has 5 N–H and O–H groups in total. The highest BCUT2D eigenvalue weighted by atomic mass is 16.2. The van der Waals surface area contributed by atoms with E-state index in [-0.39, 0.29) is 12.5 Å². The second kappa shape index (κ2) is 36.4. The highest BCUT2D eigenvalue weighted by molar-refractivity contribution is 5.86. The Bertz CT molecular complexity index is 684. The number of unbranched alkanes of at least 4 members (excludes halogenated alkanes) is 25. The number of hydrogen-bond acceptors (Lipinski definition) is 4. The van der Waals surface area contributed by atoms with Gasteiger partial charge >= 0.3 is 0 Å². The van der Waals surface area contributed by atoms with Crippen molar-refractivity contribution in [2.45, 2.75) is 206 Å². The quantitative estimate of drug-likeness (QED) is 0.0461. The zero-order valence-corrected chi connectivity index (χ0v) is 31.0. The summed E-state index contributed by atoms with van der Waals surface area (Å²) in [6.45, 7) is 7.40. The van der Waals surface area contributed by atoms with E-state index in [1.165, 1.54) is 180 Å². The molecular formula is C40H80N4O2. The van der Waals surface area contributed by atoms with Crippen molar-refractivity contribution in [3.63, 3.8) is 0 Å². The molecule has 0 fully saturated rings.